The molecule has 160 valence electrons. The smallest absolute Gasteiger partial charge is 0.227 e. The molecular weight excluding hydrogens is 412 g/mol. The molecule has 2 heterocycles. The van der Waals surface area contributed by atoms with Gasteiger partial charge in [0.05, 0.1) is 10.1 Å². The molecule has 0 unspecified atom stereocenters. The predicted octanol–water partition coefficient (Wildman–Crippen LogP) is 3.62. The lowest BCUT2D eigenvalue weighted by molar-refractivity contribution is 0.475. The number of piperidine rings is 1. The fourth-order valence-electron chi connectivity index (χ4n) is 3.42. The Morgan fingerprint density at radius 1 is 0.903 bits per heavy atom. The van der Waals surface area contributed by atoms with Crippen LogP contribution in [0.3, 0.4) is 0 Å². The summed E-state index contributed by atoms with van der Waals surface area (Å²) in [5, 5.41) is 15.3. The largest absolute Gasteiger partial charge is 0.508 e. The lowest BCUT2D eigenvalue weighted by atomic mass is 10.2. The van der Waals surface area contributed by atoms with E-state index in [1.54, 1.807) is 48.8 Å². The number of hydrogen-bond donors (Lipinski definition) is 3. The molecule has 0 radical (unpaired) electrons. The zero-order valence-electron chi connectivity index (χ0n) is 16.9. The Balaban J connectivity index is 1.39. The third-order valence-corrected chi connectivity index (χ3v) is 7.48. The summed E-state index contributed by atoms with van der Waals surface area (Å²) in [7, 11) is -3.31. The Labute approximate surface area is 181 Å². The van der Waals surface area contributed by atoms with Crippen LogP contribution in [0.4, 0.5) is 11.6 Å². The lowest BCUT2D eigenvalue weighted by Gasteiger charge is -2.22. The van der Waals surface area contributed by atoms with Crippen molar-refractivity contribution in [1.29, 1.82) is 0 Å². The van der Waals surface area contributed by atoms with Gasteiger partial charge in [-0.25, -0.2) is 18.4 Å². The number of benzene rings is 2. The number of phenolic OH excluding ortho intramolecular Hbond substituents is 1. The fraction of sp³-hybridized carbons (Fsp3) is 0.217. The molecule has 8 heteroatoms. The first-order chi connectivity index (χ1) is 15.0. The number of nitrogens with one attached hydrogen (secondary N) is 2. The average molecular weight is 437 g/mol. The third kappa shape index (κ3) is 5.28. The minimum absolute atomic E-state index is 0.229. The van der Waals surface area contributed by atoms with Crippen LogP contribution in [-0.4, -0.2) is 41.8 Å². The molecule has 2 aromatic carbocycles. The van der Waals surface area contributed by atoms with Crippen LogP contribution in [0.15, 0.2) is 65.8 Å². The first-order valence-corrected chi connectivity index (χ1v) is 11.7. The van der Waals surface area contributed by atoms with Gasteiger partial charge in [0.2, 0.25) is 5.95 Å². The Hall–Kier alpha value is -3.23. The van der Waals surface area contributed by atoms with Crippen LogP contribution in [-0.2, 0) is 9.84 Å². The van der Waals surface area contributed by atoms with E-state index >= 15 is 0 Å². The van der Waals surface area contributed by atoms with Gasteiger partial charge in [-0.15, -0.1) is 0 Å². The molecule has 1 aliphatic rings. The van der Waals surface area contributed by atoms with E-state index in [1.165, 1.54) is 0 Å². The van der Waals surface area contributed by atoms with E-state index in [9.17, 15) is 13.5 Å². The highest BCUT2D eigenvalue weighted by Gasteiger charge is 2.28. The van der Waals surface area contributed by atoms with Gasteiger partial charge in [0, 0.05) is 23.6 Å². The highest BCUT2D eigenvalue weighted by molar-refractivity contribution is 7.92. The van der Waals surface area contributed by atoms with Crippen molar-refractivity contribution in [2.75, 3.05) is 18.4 Å². The van der Waals surface area contributed by atoms with E-state index < -0.39 is 9.84 Å². The van der Waals surface area contributed by atoms with Crippen LogP contribution in [0.1, 0.15) is 24.0 Å². The number of anilines is 2. The summed E-state index contributed by atoms with van der Waals surface area (Å²) >= 11 is 0. The summed E-state index contributed by atoms with van der Waals surface area (Å²) < 4.78 is 25.6. The number of sulfone groups is 1. The minimum Gasteiger partial charge on any atom is -0.508 e. The molecule has 3 N–H and O–H groups in total. The molecule has 0 aliphatic carbocycles. The third-order valence-electron chi connectivity index (χ3n) is 5.20. The van der Waals surface area contributed by atoms with Gasteiger partial charge in [0.15, 0.2) is 9.84 Å². The monoisotopic (exact) mass is 436 g/mol. The Morgan fingerprint density at radius 3 is 2.16 bits per heavy atom. The molecule has 7 nitrogen and oxygen atoms in total. The summed E-state index contributed by atoms with van der Waals surface area (Å²) in [5.41, 5.74) is 2.51. The van der Waals surface area contributed by atoms with Crippen LogP contribution >= 0.6 is 0 Å². The molecule has 31 heavy (non-hydrogen) atoms. The lowest BCUT2D eigenvalue weighted by Crippen LogP contribution is -2.35. The summed E-state index contributed by atoms with van der Waals surface area (Å²) in [6.45, 7) is 1.47. The Kier molecular flexibility index (Phi) is 6.29. The van der Waals surface area contributed by atoms with Gasteiger partial charge in [-0.05, 0) is 67.9 Å². The van der Waals surface area contributed by atoms with E-state index in [4.69, 9.17) is 0 Å². The standard InChI is InChI=1S/C23H24N4O3S/c28-20-7-3-17(4-8-20)1-2-18-15-25-23(26-16-18)27-19-5-9-21(10-6-19)31(29,30)22-11-13-24-14-12-22/h1-10,15-16,22,24,28H,11-14H2,(H,25,26,27). The van der Waals surface area contributed by atoms with E-state index in [1.807, 2.05) is 24.3 Å². The summed E-state index contributed by atoms with van der Waals surface area (Å²) in [6, 6.07) is 13.6. The first-order valence-electron chi connectivity index (χ1n) is 10.1. The topological polar surface area (TPSA) is 104 Å². The molecule has 1 aromatic heterocycles. The quantitative estimate of drug-likeness (QED) is 0.542. The second kappa shape index (κ2) is 9.28. The van der Waals surface area contributed by atoms with Crippen molar-refractivity contribution >= 4 is 33.6 Å². The van der Waals surface area contributed by atoms with Gasteiger partial charge >= 0.3 is 0 Å². The van der Waals surface area contributed by atoms with Gasteiger partial charge < -0.3 is 15.7 Å². The number of phenols is 1. The van der Waals surface area contributed by atoms with Gasteiger partial charge in [-0.1, -0.05) is 24.3 Å². The molecule has 1 saturated heterocycles. The second-order valence-corrected chi connectivity index (χ2v) is 9.64. The molecule has 0 amide bonds. The number of hydrogen-bond acceptors (Lipinski definition) is 7. The van der Waals surface area contributed by atoms with Crippen LogP contribution in [0, 0.1) is 0 Å². The molecular formula is C23H24N4O3S. The van der Waals surface area contributed by atoms with E-state index in [0.717, 1.165) is 29.9 Å². The summed E-state index contributed by atoms with van der Waals surface area (Å²) in [5.74, 6) is 0.656. The van der Waals surface area contributed by atoms with Gasteiger partial charge in [-0.2, -0.15) is 0 Å². The highest BCUT2D eigenvalue weighted by atomic mass is 32.2. The van der Waals surface area contributed by atoms with Crippen molar-refractivity contribution < 1.29 is 13.5 Å². The van der Waals surface area contributed by atoms with E-state index in [-0.39, 0.29) is 11.0 Å². The molecule has 0 atom stereocenters. The van der Waals surface area contributed by atoms with Crippen molar-refractivity contribution in [1.82, 2.24) is 15.3 Å². The predicted molar refractivity (Wildman–Crippen MR) is 122 cm³/mol. The normalized spacial score (nSPS) is 15.2. The van der Waals surface area contributed by atoms with Crippen LogP contribution in [0.5, 0.6) is 5.75 Å². The van der Waals surface area contributed by atoms with Crippen molar-refractivity contribution in [3.63, 3.8) is 0 Å². The van der Waals surface area contributed by atoms with E-state index in [0.29, 0.717) is 23.7 Å². The molecule has 0 spiro atoms. The van der Waals surface area contributed by atoms with Crippen LogP contribution < -0.4 is 10.6 Å². The Bertz CT molecular complexity index is 1140. The summed E-state index contributed by atoms with van der Waals surface area (Å²) in [4.78, 5) is 8.96. The fourth-order valence-corrected chi connectivity index (χ4v) is 5.18. The molecule has 0 saturated carbocycles. The minimum atomic E-state index is -3.31. The maximum atomic E-state index is 12.8. The van der Waals surface area contributed by atoms with Crippen LogP contribution in [0.25, 0.3) is 12.2 Å². The number of aromatic hydroxyl groups is 1. The van der Waals surface area contributed by atoms with Crippen LogP contribution in [0.2, 0.25) is 0 Å². The molecule has 0 bridgehead atoms. The maximum absolute atomic E-state index is 12.8. The van der Waals surface area contributed by atoms with Gasteiger partial charge in [-0.3, -0.25) is 0 Å². The number of nitrogens with zero attached hydrogens (tertiary/aromatic N) is 2. The summed E-state index contributed by atoms with van der Waals surface area (Å²) in [6.07, 6.45) is 8.47. The first kappa shape index (κ1) is 21.0. The SMILES string of the molecule is O=S(=O)(c1ccc(Nc2ncc(C=Cc3ccc(O)cc3)cn2)cc1)C1CCNCC1. The molecule has 3 aromatic rings. The molecule has 1 aliphatic heterocycles. The van der Waals surface area contributed by atoms with Gasteiger partial charge in [0.25, 0.3) is 0 Å². The van der Waals surface area contributed by atoms with Crippen molar-refractivity contribution in [3.8, 4) is 5.75 Å². The Morgan fingerprint density at radius 2 is 1.52 bits per heavy atom. The number of rotatable bonds is 6. The average Bonchev–Trinajstić information content (AvgIpc) is 2.81. The maximum Gasteiger partial charge on any atom is 0.227 e. The van der Waals surface area contributed by atoms with Crippen molar-refractivity contribution in [2.24, 2.45) is 0 Å². The van der Waals surface area contributed by atoms with E-state index in [2.05, 4.69) is 20.6 Å². The zero-order valence-corrected chi connectivity index (χ0v) is 17.7. The van der Waals surface area contributed by atoms with Gasteiger partial charge in [0.1, 0.15) is 5.75 Å². The number of aromatic nitrogens is 2. The van der Waals surface area contributed by atoms with Crippen molar-refractivity contribution in [3.05, 3.63) is 72.1 Å². The second-order valence-electron chi connectivity index (χ2n) is 7.41. The molecule has 1 fully saturated rings. The highest BCUT2D eigenvalue weighted by Crippen LogP contribution is 2.24. The molecule has 4 rings (SSSR count). The zero-order chi connectivity index (χ0) is 21.7. The van der Waals surface area contributed by atoms with Crippen molar-refractivity contribution in [2.45, 2.75) is 23.0 Å².